The average molecular weight is 580 g/mol. The molecule has 39 heavy (non-hydrogen) atoms. The molecule has 0 aliphatic heterocycles. The Kier molecular flexibility index (Phi) is 14.8. The van der Waals surface area contributed by atoms with Crippen LogP contribution in [0.4, 0.5) is 5.82 Å². The monoisotopic (exact) mass is 579 g/mol. The molecule has 0 unspecified atom stereocenters. The van der Waals surface area contributed by atoms with Crippen molar-refractivity contribution in [3.05, 3.63) is 22.7 Å². The number of carbonyl (C=O) groups is 2. The predicted octanol–water partition coefficient (Wildman–Crippen LogP) is 0.000700. The number of aliphatic hydroxyl groups excluding tert-OH is 2. The Morgan fingerprint density at radius 2 is 1.59 bits per heavy atom. The summed E-state index contributed by atoms with van der Waals surface area (Å²) in [6, 6.07) is -0.788. The summed E-state index contributed by atoms with van der Waals surface area (Å²) < 4.78 is 36.0. The largest absolute Gasteiger partial charge is 0.468 e. The number of nitrogen functional groups attached to an aromatic ring is 1. The summed E-state index contributed by atoms with van der Waals surface area (Å²) in [5.74, 6) is -1.42. The number of carbonyl (C=O) groups excluding carboxylic acids is 2. The molecule has 0 spiro atoms. The molecule has 15 nitrogen and oxygen atoms in total. The van der Waals surface area contributed by atoms with Crippen LogP contribution < -0.4 is 21.6 Å². The standard InChI is InChI=1S/C23H42N5O10P/c1-14(2)9-16(21(31)35-5)26-39(34,27-17(10-15(3)4)22(32)36-6)38-12-19(18(30)11-29)37-13-28-8-7-20(24)25-23(28)33/h7-8,14-19,29-30H,9-13H2,1-6H3,(H2,24,25,33)(H2,26,27,34)/t16-,17-,18+,19+/m0/s1. The van der Waals surface area contributed by atoms with E-state index in [0.29, 0.717) is 0 Å². The minimum absolute atomic E-state index is 0.00716. The summed E-state index contributed by atoms with van der Waals surface area (Å²) in [4.78, 5) is 40.5. The lowest BCUT2D eigenvalue weighted by molar-refractivity contribution is -0.143. The number of hydrogen-bond acceptors (Lipinski definition) is 12. The molecule has 0 saturated heterocycles. The highest BCUT2D eigenvalue weighted by atomic mass is 31.2. The smallest absolute Gasteiger partial charge is 0.351 e. The molecule has 0 aliphatic carbocycles. The summed E-state index contributed by atoms with van der Waals surface area (Å²) in [5, 5.41) is 25.1. The molecule has 6 N–H and O–H groups in total. The summed E-state index contributed by atoms with van der Waals surface area (Å²) in [5.41, 5.74) is 4.77. The molecular weight excluding hydrogens is 537 g/mol. The van der Waals surface area contributed by atoms with Gasteiger partial charge in [0.1, 0.15) is 36.8 Å². The van der Waals surface area contributed by atoms with Gasteiger partial charge in [-0.3, -0.25) is 18.7 Å². The lowest BCUT2D eigenvalue weighted by Crippen LogP contribution is -2.46. The number of hydrogen-bond donors (Lipinski definition) is 5. The number of aliphatic hydroxyl groups is 2. The van der Waals surface area contributed by atoms with E-state index in [-0.39, 0.29) is 30.5 Å². The van der Waals surface area contributed by atoms with Crippen LogP contribution in [0.1, 0.15) is 40.5 Å². The first-order valence-electron chi connectivity index (χ1n) is 12.4. The third-order valence-corrected chi connectivity index (χ3v) is 7.21. The van der Waals surface area contributed by atoms with Crippen LogP contribution in [0.3, 0.4) is 0 Å². The van der Waals surface area contributed by atoms with Crippen molar-refractivity contribution in [2.24, 2.45) is 11.8 Å². The topological polar surface area (TPSA) is 214 Å². The highest BCUT2D eigenvalue weighted by Gasteiger charge is 2.37. The maximum atomic E-state index is 14.1. The Balaban J connectivity index is 3.27. The number of ether oxygens (including phenoxy) is 3. The van der Waals surface area contributed by atoms with Crippen molar-refractivity contribution >= 4 is 25.4 Å². The summed E-state index contributed by atoms with van der Waals surface area (Å²) in [6.45, 7) is 5.67. The van der Waals surface area contributed by atoms with Gasteiger partial charge >= 0.3 is 25.3 Å². The van der Waals surface area contributed by atoms with Crippen molar-refractivity contribution in [1.29, 1.82) is 0 Å². The van der Waals surface area contributed by atoms with E-state index in [1.807, 2.05) is 27.7 Å². The lowest BCUT2D eigenvalue weighted by Gasteiger charge is -2.31. The van der Waals surface area contributed by atoms with Gasteiger partial charge in [-0.15, -0.1) is 0 Å². The van der Waals surface area contributed by atoms with Crippen LogP contribution >= 0.6 is 7.67 Å². The fraction of sp³-hybridized carbons (Fsp3) is 0.739. The Morgan fingerprint density at radius 3 is 2.00 bits per heavy atom. The Labute approximate surface area is 227 Å². The first-order chi connectivity index (χ1) is 18.2. The Bertz CT molecular complexity index is 985. The zero-order valence-electron chi connectivity index (χ0n) is 23.2. The second kappa shape index (κ2) is 16.7. The zero-order valence-corrected chi connectivity index (χ0v) is 24.1. The Morgan fingerprint density at radius 1 is 1.08 bits per heavy atom. The number of methoxy groups -OCH3 is 2. The molecule has 0 aliphatic rings. The molecular formula is C23H42N5O10P. The molecule has 0 bridgehead atoms. The summed E-state index contributed by atoms with van der Waals surface area (Å²) in [6.07, 6.45) is -1.03. The van der Waals surface area contributed by atoms with Gasteiger partial charge in [0.25, 0.3) is 0 Å². The highest BCUT2D eigenvalue weighted by Crippen LogP contribution is 2.41. The van der Waals surface area contributed by atoms with E-state index in [2.05, 4.69) is 15.2 Å². The average Bonchev–Trinajstić information content (AvgIpc) is 2.86. The quantitative estimate of drug-likeness (QED) is 0.114. The maximum Gasteiger partial charge on any atom is 0.351 e. The van der Waals surface area contributed by atoms with Crippen molar-refractivity contribution in [3.8, 4) is 0 Å². The van der Waals surface area contributed by atoms with E-state index in [1.54, 1.807) is 0 Å². The molecule has 1 rings (SSSR count). The number of aromatic nitrogens is 2. The molecule has 0 aromatic carbocycles. The second-order valence-electron chi connectivity index (χ2n) is 9.70. The molecule has 224 valence electrons. The van der Waals surface area contributed by atoms with Crippen LogP contribution in [0, 0.1) is 11.8 Å². The number of nitrogens with zero attached hydrogens (tertiary/aromatic N) is 2. The molecule has 4 atom stereocenters. The van der Waals surface area contributed by atoms with Crippen LogP contribution in [0.25, 0.3) is 0 Å². The van der Waals surface area contributed by atoms with Gasteiger partial charge in [-0.2, -0.15) is 4.98 Å². The summed E-state index contributed by atoms with van der Waals surface area (Å²) in [7, 11) is -1.90. The van der Waals surface area contributed by atoms with Gasteiger partial charge in [-0.05, 0) is 30.7 Å². The Hall–Kier alpha value is -2.39. The molecule has 0 radical (unpaired) electrons. The van der Waals surface area contributed by atoms with E-state index >= 15 is 0 Å². The van der Waals surface area contributed by atoms with E-state index in [1.165, 1.54) is 26.5 Å². The van der Waals surface area contributed by atoms with Crippen molar-refractivity contribution < 1.29 is 43.1 Å². The minimum atomic E-state index is -4.27. The van der Waals surface area contributed by atoms with E-state index in [9.17, 15) is 29.2 Å². The number of esters is 2. The zero-order chi connectivity index (χ0) is 29.8. The van der Waals surface area contributed by atoms with Crippen LogP contribution in [-0.2, 0) is 39.6 Å². The molecule has 0 saturated carbocycles. The minimum Gasteiger partial charge on any atom is -0.468 e. The number of nitrogens with two attached hydrogens (primary N) is 1. The molecule has 1 heterocycles. The van der Waals surface area contributed by atoms with Crippen LogP contribution in [0.15, 0.2) is 17.1 Å². The van der Waals surface area contributed by atoms with E-state index in [4.69, 9.17) is 24.5 Å². The fourth-order valence-corrected chi connectivity index (χ4v) is 5.26. The molecule has 0 fully saturated rings. The van der Waals surface area contributed by atoms with E-state index in [0.717, 1.165) is 4.57 Å². The highest BCUT2D eigenvalue weighted by molar-refractivity contribution is 7.54. The van der Waals surface area contributed by atoms with Crippen molar-refractivity contribution in [2.45, 2.75) is 71.6 Å². The summed E-state index contributed by atoms with van der Waals surface area (Å²) >= 11 is 0. The second-order valence-corrected chi connectivity index (χ2v) is 11.6. The van der Waals surface area contributed by atoms with Gasteiger partial charge in [0, 0.05) is 6.20 Å². The maximum absolute atomic E-state index is 14.1. The third-order valence-electron chi connectivity index (χ3n) is 5.40. The first kappa shape index (κ1) is 34.6. The predicted molar refractivity (Wildman–Crippen MR) is 141 cm³/mol. The SMILES string of the molecule is COC(=O)[C@H](CC(C)C)NP(=O)(N[C@@H](CC(C)C)C(=O)OC)OC[C@@H](OCn1ccc(N)nc1=O)[C@H](O)CO. The van der Waals surface area contributed by atoms with Gasteiger partial charge in [0.05, 0.1) is 27.4 Å². The van der Waals surface area contributed by atoms with Crippen molar-refractivity contribution in [1.82, 2.24) is 19.7 Å². The van der Waals surface area contributed by atoms with Gasteiger partial charge in [0.15, 0.2) is 0 Å². The van der Waals surface area contributed by atoms with Crippen LogP contribution in [-0.4, -0.2) is 83.4 Å². The van der Waals surface area contributed by atoms with E-state index < -0.39 is 69.5 Å². The molecule has 0 amide bonds. The normalized spacial score (nSPS) is 15.1. The lowest BCUT2D eigenvalue weighted by atomic mass is 10.1. The first-order valence-corrected chi connectivity index (χ1v) is 14.1. The number of nitrogens with one attached hydrogen (secondary N) is 2. The molecule has 16 heteroatoms. The van der Waals surface area contributed by atoms with Crippen LogP contribution in [0.5, 0.6) is 0 Å². The fourth-order valence-electron chi connectivity index (χ4n) is 3.44. The van der Waals surface area contributed by atoms with Gasteiger partial charge < -0.3 is 34.7 Å². The number of rotatable bonds is 18. The number of anilines is 1. The van der Waals surface area contributed by atoms with Crippen molar-refractivity contribution in [2.75, 3.05) is 33.2 Å². The third kappa shape index (κ3) is 12.1. The molecule has 1 aromatic rings. The van der Waals surface area contributed by atoms with Gasteiger partial charge in [-0.25, -0.2) is 15.0 Å². The molecule has 1 aromatic heterocycles. The van der Waals surface area contributed by atoms with Gasteiger partial charge in [0.2, 0.25) is 0 Å². The van der Waals surface area contributed by atoms with Crippen molar-refractivity contribution in [3.63, 3.8) is 0 Å². The van der Waals surface area contributed by atoms with Gasteiger partial charge in [-0.1, -0.05) is 27.7 Å². The van der Waals surface area contributed by atoms with Crippen LogP contribution in [0.2, 0.25) is 0 Å².